The van der Waals surface area contributed by atoms with Crippen molar-refractivity contribution in [1.29, 1.82) is 0 Å². The van der Waals surface area contributed by atoms with E-state index in [1.54, 1.807) is 13.2 Å². The van der Waals surface area contributed by atoms with Gasteiger partial charge in [-0.3, -0.25) is 0 Å². The fourth-order valence-electron chi connectivity index (χ4n) is 2.08. The highest BCUT2D eigenvalue weighted by molar-refractivity contribution is 6.31. The van der Waals surface area contributed by atoms with E-state index in [0.29, 0.717) is 25.3 Å². The van der Waals surface area contributed by atoms with Gasteiger partial charge in [-0.1, -0.05) is 24.2 Å². The molecule has 0 amide bonds. The van der Waals surface area contributed by atoms with Crippen LogP contribution in [-0.2, 0) is 15.7 Å². The predicted molar refractivity (Wildman–Crippen MR) is 98.6 cm³/mol. The lowest BCUT2D eigenvalue weighted by Gasteiger charge is -2.15. The molecule has 156 valence electrons. The summed E-state index contributed by atoms with van der Waals surface area (Å²) in [5.74, 6) is -1.02. The molecule has 0 atom stereocenters. The lowest BCUT2D eigenvalue weighted by atomic mass is 10.2. The number of carbonyl (C=O) groups excluding carboxylic acids is 1. The Morgan fingerprint density at radius 2 is 2.00 bits per heavy atom. The Hall–Kier alpha value is -2.78. The van der Waals surface area contributed by atoms with E-state index < -0.39 is 17.7 Å². The number of benzene rings is 1. The Labute approximate surface area is 169 Å². The van der Waals surface area contributed by atoms with Crippen molar-refractivity contribution >= 4 is 17.6 Å². The van der Waals surface area contributed by atoms with Crippen molar-refractivity contribution in [3.63, 3.8) is 0 Å². The van der Waals surface area contributed by atoms with Crippen LogP contribution in [0.2, 0.25) is 5.02 Å². The Kier molecular flexibility index (Phi) is 7.86. The number of esters is 1. The SMILES string of the molecule is C=CC(=O)Oc1c(OCCCOC)cccc1Oc1ncc(C(F)(F)F)cc1Cl. The number of aromatic nitrogens is 1. The van der Waals surface area contributed by atoms with Crippen LogP contribution in [0.4, 0.5) is 13.2 Å². The Morgan fingerprint density at radius 1 is 1.28 bits per heavy atom. The largest absolute Gasteiger partial charge is 0.489 e. The zero-order chi connectivity index (χ0) is 21.4. The van der Waals surface area contributed by atoms with E-state index in [1.807, 2.05) is 0 Å². The van der Waals surface area contributed by atoms with Crippen molar-refractivity contribution in [3.8, 4) is 23.1 Å². The van der Waals surface area contributed by atoms with Gasteiger partial charge in [-0.2, -0.15) is 13.2 Å². The second-order valence-corrected chi connectivity index (χ2v) is 5.92. The number of halogens is 4. The lowest BCUT2D eigenvalue weighted by Crippen LogP contribution is -2.09. The van der Waals surface area contributed by atoms with Crippen LogP contribution in [0.3, 0.4) is 0 Å². The molecule has 0 fully saturated rings. The number of hydrogen-bond donors (Lipinski definition) is 0. The number of nitrogens with zero attached hydrogens (tertiary/aromatic N) is 1. The maximum Gasteiger partial charge on any atom is 0.417 e. The summed E-state index contributed by atoms with van der Waals surface area (Å²) in [7, 11) is 1.55. The fourth-order valence-corrected chi connectivity index (χ4v) is 2.28. The van der Waals surface area contributed by atoms with Gasteiger partial charge in [0.15, 0.2) is 11.5 Å². The molecule has 0 bridgehead atoms. The molecule has 0 spiro atoms. The second kappa shape index (κ2) is 10.1. The molecule has 0 unspecified atom stereocenters. The number of rotatable bonds is 9. The van der Waals surface area contributed by atoms with Crippen LogP contribution < -0.4 is 14.2 Å². The van der Waals surface area contributed by atoms with Gasteiger partial charge in [0.1, 0.15) is 5.02 Å². The molecule has 0 aliphatic rings. The van der Waals surface area contributed by atoms with Crippen LogP contribution in [0.1, 0.15) is 12.0 Å². The molecule has 1 aromatic heterocycles. The van der Waals surface area contributed by atoms with Crippen LogP contribution in [-0.4, -0.2) is 31.3 Å². The van der Waals surface area contributed by atoms with Gasteiger partial charge in [0.05, 0.1) is 12.2 Å². The summed E-state index contributed by atoms with van der Waals surface area (Å²) in [6, 6.07) is 5.19. The Balaban J connectivity index is 2.33. The molecular weight excluding hydrogens is 415 g/mol. The average Bonchev–Trinajstić information content (AvgIpc) is 2.67. The fraction of sp³-hybridized carbons (Fsp3) is 0.263. The van der Waals surface area contributed by atoms with E-state index in [2.05, 4.69) is 11.6 Å². The van der Waals surface area contributed by atoms with Gasteiger partial charge in [0.25, 0.3) is 0 Å². The monoisotopic (exact) mass is 431 g/mol. The van der Waals surface area contributed by atoms with Crippen molar-refractivity contribution in [2.75, 3.05) is 20.3 Å². The normalized spacial score (nSPS) is 11.1. The van der Waals surface area contributed by atoms with Crippen molar-refractivity contribution in [2.45, 2.75) is 12.6 Å². The van der Waals surface area contributed by atoms with Gasteiger partial charge in [-0.25, -0.2) is 9.78 Å². The number of para-hydroxylation sites is 1. The van der Waals surface area contributed by atoms with E-state index >= 15 is 0 Å². The molecule has 0 saturated carbocycles. The van der Waals surface area contributed by atoms with Crippen molar-refractivity contribution in [3.05, 3.63) is 53.7 Å². The number of ether oxygens (including phenoxy) is 4. The second-order valence-electron chi connectivity index (χ2n) is 5.51. The predicted octanol–water partition coefficient (Wildman–Crippen LogP) is 5.05. The number of carbonyl (C=O) groups is 1. The third-order valence-electron chi connectivity index (χ3n) is 3.40. The molecule has 6 nitrogen and oxygen atoms in total. The van der Waals surface area contributed by atoms with Gasteiger partial charge in [0, 0.05) is 32.4 Å². The quantitative estimate of drug-likeness (QED) is 0.239. The molecule has 0 aliphatic heterocycles. The number of methoxy groups -OCH3 is 1. The Bertz CT molecular complexity index is 873. The number of alkyl halides is 3. The molecule has 0 radical (unpaired) electrons. The van der Waals surface area contributed by atoms with E-state index in [0.717, 1.165) is 6.08 Å². The summed E-state index contributed by atoms with van der Waals surface area (Å²) in [5.41, 5.74) is -1.02. The number of hydrogen-bond acceptors (Lipinski definition) is 6. The minimum atomic E-state index is -4.60. The van der Waals surface area contributed by atoms with E-state index in [4.69, 9.17) is 30.5 Å². The van der Waals surface area contributed by atoms with Crippen molar-refractivity contribution in [1.82, 2.24) is 4.98 Å². The molecule has 1 heterocycles. The molecule has 0 saturated heterocycles. The topological polar surface area (TPSA) is 66.9 Å². The summed E-state index contributed by atoms with van der Waals surface area (Å²) < 4.78 is 59.5. The average molecular weight is 432 g/mol. The summed E-state index contributed by atoms with van der Waals surface area (Å²) in [6.45, 7) is 4.04. The summed E-state index contributed by atoms with van der Waals surface area (Å²) in [6.07, 6.45) is -2.50. The molecule has 0 N–H and O–H groups in total. The molecule has 2 aromatic rings. The zero-order valence-electron chi connectivity index (χ0n) is 15.3. The molecular formula is C19H17ClF3NO5. The highest BCUT2D eigenvalue weighted by atomic mass is 35.5. The first-order valence-electron chi connectivity index (χ1n) is 8.26. The van der Waals surface area contributed by atoms with Crippen LogP contribution in [0.15, 0.2) is 43.1 Å². The van der Waals surface area contributed by atoms with Crippen molar-refractivity contribution < 1.29 is 36.9 Å². The molecule has 0 aliphatic carbocycles. The Morgan fingerprint density at radius 3 is 2.62 bits per heavy atom. The summed E-state index contributed by atoms with van der Waals surface area (Å²) >= 11 is 5.87. The first kappa shape index (κ1) is 22.5. The molecule has 1 aromatic carbocycles. The maximum absolute atomic E-state index is 12.8. The van der Waals surface area contributed by atoms with Gasteiger partial charge in [-0.05, 0) is 18.2 Å². The van der Waals surface area contributed by atoms with Gasteiger partial charge in [0.2, 0.25) is 11.6 Å². The highest BCUT2D eigenvalue weighted by Gasteiger charge is 2.32. The van der Waals surface area contributed by atoms with E-state index in [1.165, 1.54) is 12.1 Å². The third-order valence-corrected chi connectivity index (χ3v) is 3.67. The molecule has 2 rings (SSSR count). The summed E-state index contributed by atoms with van der Waals surface area (Å²) in [5, 5.41) is -0.368. The smallest absolute Gasteiger partial charge is 0.417 e. The van der Waals surface area contributed by atoms with E-state index in [9.17, 15) is 18.0 Å². The van der Waals surface area contributed by atoms with Gasteiger partial charge in [-0.15, -0.1) is 0 Å². The highest BCUT2D eigenvalue weighted by Crippen LogP contribution is 2.41. The van der Waals surface area contributed by atoms with Crippen LogP contribution in [0.5, 0.6) is 23.1 Å². The van der Waals surface area contributed by atoms with Crippen molar-refractivity contribution in [2.24, 2.45) is 0 Å². The molecule has 10 heteroatoms. The van der Waals surface area contributed by atoms with Gasteiger partial charge < -0.3 is 18.9 Å². The zero-order valence-corrected chi connectivity index (χ0v) is 16.0. The first-order valence-corrected chi connectivity index (χ1v) is 8.63. The van der Waals surface area contributed by atoms with Crippen LogP contribution in [0.25, 0.3) is 0 Å². The maximum atomic E-state index is 12.8. The minimum Gasteiger partial charge on any atom is -0.489 e. The van der Waals surface area contributed by atoms with E-state index in [-0.39, 0.29) is 34.8 Å². The summed E-state index contributed by atoms with van der Waals surface area (Å²) in [4.78, 5) is 15.3. The van der Waals surface area contributed by atoms with Crippen LogP contribution in [0, 0.1) is 0 Å². The number of pyridine rings is 1. The third kappa shape index (κ3) is 6.37. The standard InChI is InChI=1S/C19H17ClF3NO5/c1-3-16(25)29-17-14(27-9-5-8-26-2)6-4-7-15(17)28-18-13(20)10-12(11-24-18)19(21,22)23/h3-4,6-7,10-11H,1,5,8-9H2,2H3. The van der Waals surface area contributed by atoms with Crippen LogP contribution >= 0.6 is 11.6 Å². The van der Waals surface area contributed by atoms with Gasteiger partial charge >= 0.3 is 12.1 Å². The molecule has 29 heavy (non-hydrogen) atoms. The first-order chi connectivity index (χ1) is 13.8. The lowest BCUT2D eigenvalue weighted by molar-refractivity contribution is -0.137. The minimum absolute atomic E-state index is 0.0291.